The summed E-state index contributed by atoms with van der Waals surface area (Å²) in [6.07, 6.45) is 11.8. The van der Waals surface area contributed by atoms with Crippen LogP contribution in [-0.2, 0) is 19.5 Å². The van der Waals surface area contributed by atoms with Crippen LogP contribution in [0.3, 0.4) is 0 Å². The molecule has 0 fully saturated rings. The molecule has 0 atom stereocenters. The first kappa shape index (κ1) is 20.7. The average molecular weight is 403 g/mol. The maximum atomic E-state index is 13.7. The predicted molar refractivity (Wildman–Crippen MR) is 125 cm³/mol. The molecule has 4 rings (SSSR count). The highest BCUT2D eigenvalue weighted by Gasteiger charge is 2.23. The molecule has 3 aromatic rings. The normalized spacial score (nSPS) is 13.0. The van der Waals surface area contributed by atoms with Gasteiger partial charge in [0, 0.05) is 31.2 Å². The summed E-state index contributed by atoms with van der Waals surface area (Å²) in [7, 11) is 0. The van der Waals surface area contributed by atoms with E-state index in [1.165, 1.54) is 48.7 Å². The van der Waals surface area contributed by atoms with Crippen molar-refractivity contribution in [2.24, 2.45) is 0 Å². The van der Waals surface area contributed by atoms with E-state index in [-0.39, 0.29) is 5.91 Å². The number of aromatic nitrogens is 1. The van der Waals surface area contributed by atoms with Crippen LogP contribution in [0.15, 0.2) is 54.7 Å². The molecule has 0 radical (unpaired) electrons. The summed E-state index contributed by atoms with van der Waals surface area (Å²) in [4.78, 5) is 15.8. The summed E-state index contributed by atoms with van der Waals surface area (Å²) in [5.41, 5.74) is 4.72. The van der Waals surface area contributed by atoms with Crippen molar-refractivity contribution in [1.29, 1.82) is 0 Å². The molecule has 0 spiro atoms. The van der Waals surface area contributed by atoms with E-state index in [2.05, 4.69) is 65.1 Å². The predicted octanol–water partition coefficient (Wildman–Crippen LogP) is 6.59. The number of amides is 1. The molecular formula is C27H34N2O. The molecule has 1 amide bonds. The molecule has 1 aromatic heterocycles. The number of hydrogen-bond acceptors (Lipinski definition) is 1. The lowest BCUT2D eigenvalue weighted by molar-refractivity contribution is 0.0741. The van der Waals surface area contributed by atoms with Gasteiger partial charge in [0.25, 0.3) is 5.91 Å². The third kappa shape index (κ3) is 4.61. The van der Waals surface area contributed by atoms with Crippen LogP contribution in [0.2, 0.25) is 0 Å². The Kier molecular flexibility index (Phi) is 6.88. The maximum absolute atomic E-state index is 13.7. The molecule has 0 saturated carbocycles. The molecule has 2 aromatic carbocycles. The summed E-state index contributed by atoms with van der Waals surface area (Å²) in [6, 6.07) is 16.8. The monoisotopic (exact) mass is 402 g/mol. The van der Waals surface area contributed by atoms with Gasteiger partial charge in [-0.25, -0.2) is 0 Å². The summed E-state index contributed by atoms with van der Waals surface area (Å²) >= 11 is 0. The Morgan fingerprint density at radius 3 is 2.60 bits per heavy atom. The SMILES string of the molecule is CCCCCCCCN(Cc1ccccc1)C(=O)c1cn2c3c(cccc13)CCC2. The van der Waals surface area contributed by atoms with Gasteiger partial charge in [0.05, 0.1) is 11.1 Å². The molecule has 1 aliphatic rings. The van der Waals surface area contributed by atoms with Crippen LogP contribution in [0.25, 0.3) is 10.9 Å². The number of unbranched alkanes of at least 4 members (excludes halogenated alkanes) is 5. The Balaban J connectivity index is 1.54. The third-order valence-corrected chi connectivity index (χ3v) is 6.34. The van der Waals surface area contributed by atoms with E-state index in [4.69, 9.17) is 0 Å². The molecule has 3 heteroatoms. The fourth-order valence-corrected chi connectivity index (χ4v) is 4.74. The first-order chi connectivity index (χ1) is 14.8. The van der Waals surface area contributed by atoms with Crippen molar-refractivity contribution in [3.63, 3.8) is 0 Å². The van der Waals surface area contributed by atoms with E-state index in [9.17, 15) is 4.79 Å². The zero-order valence-electron chi connectivity index (χ0n) is 18.3. The zero-order chi connectivity index (χ0) is 20.8. The number of nitrogens with zero attached hydrogens (tertiary/aromatic N) is 2. The molecule has 0 aliphatic carbocycles. The molecule has 1 aliphatic heterocycles. The highest BCUT2D eigenvalue weighted by molar-refractivity contribution is 6.07. The maximum Gasteiger partial charge on any atom is 0.256 e. The van der Waals surface area contributed by atoms with Crippen molar-refractivity contribution in [3.8, 4) is 0 Å². The quantitative estimate of drug-likeness (QED) is 0.351. The molecule has 0 bridgehead atoms. The van der Waals surface area contributed by atoms with Crippen LogP contribution in [0, 0.1) is 0 Å². The lowest BCUT2D eigenvalue weighted by atomic mass is 10.0. The second-order valence-corrected chi connectivity index (χ2v) is 8.63. The molecule has 0 unspecified atom stereocenters. The van der Waals surface area contributed by atoms with Gasteiger partial charge in [0.2, 0.25) is 0 Å². The Bertz CT molecular complexity index is 973. The Labute approximate surface area is 180 Å². The molecular weight excluding hydrogens is 368 g/mol. The van der Waals surface area contributed by atoms with Crippen LogP contribution in [-0.4, -0.2) is 21.9 Å². The largest absolute Gasteiger partial charge is 0.346 e. The van der Waals surface area contributed by atoms with Crippen LogP contribution >= 0.6 is 0 Å². The van der Waals surface area contributed by atoms with E-state index in [0.717, 1.165) is 43.3 Å². The Morgan fingerprint density at radius 2 is 1.77 bits per heavy atom. The van der Waals surface area contributed by atoms with Crippen LogP contribution in [0.1, 0.15) is 73.4 Å². The summed E-state index contributed by atoms with van der Waals surface area (Å²) in [5.74, 6) is 0.176. The highest BCUT2D eigenvalue weighted by Crippen LogP contribution is 2.30. The molecule has 0 saturated heterocycles. The van der Waals surface area contributed by atoms with Crippen molar-refractivity contribution in [3.05, 3.63) is 71.4 Å². The summed E-state index contributed by atoms with van der Waals surface area (Å²) in [5, 5.41) is 1.12. The Hall–Kier alpha value is -2.55. The van der Waals surface area contributed by atoms with Crippen molar-refractivity contribution in [2.75, 3.05) is 6.54 Å². The van der Waals surface area contributed by atoms with Crippen LogP contribution in [0.4, 0.5) is 0 Å². The third-order valence-electron chi connectivity index (χ3n) is 6.34. The minimum atomic E-state index is 0.176. The van der Waals surface area contributed by atoms with Gasteiger partial charge in [0.15, 0.2) is 0 Å². The second-order valence-electron chi connectivity index (χ2n) is 8.63. The van der Waals surface area contributed by atoms with Crippen molar-refractivity contribution in [1.82, 2.24) is 9.47 Å². The van der Waals surface area contributed by atoms with Gasteiger partial charge in [-0.1, -0.05) is 87.6 Å². The van der Waals surface area contributed by atoms with Gasteiger partial charge in [0.1, 0.15) is 0 Å². The van der Waals surface area contributed by atoms with E-state index >= 15 is 0 Å². The number of carbonyl (C=O) groups excluding carboxylic acids is 1. The number of rotatable bonds is 10. The zero-order valence-corrected chi connectivity index (χ0v) is 18.3. The van der Waals surface area contributed by atoms with E-state index in [1.807, 2.05) is 6.07 Å². The highest BCUT2D eigenvalue weighted by atomic mass is 16.2. The van der Waals surface area contributed by atoms with E-state index in [0.29, 0.717) is 6.54 Å². The van der Waals surface area contributed by atoms with Crippen molar-refractivity contribution in [2.45, 2.75) is 71.4 Å². The molecule has 158 valence electrons. The number of hydrogen-bond donors (Lipinski definition) is 0. The first-order valence-corrected chi connectivity index (χ1v) is 11.7. The molecule has 2 heterocycles. The van der Waals surface area contributed by atoms with Crippen molar-refractivity contribution >= 4 is 16.8 Å². The second kappa shape index (κ2) is 9.97. The molecule has 3 nitrogen and oxygen atoms in total. The van der Waals surface area contributed by atoms with Gasteiger partial charge < -0.3 is 9.47 Å². The smallest absolute Gasteiger partial charge is 0.256 e. The van der Waals surface area contributed by atoms with Gasteiger partial charge >= 0.3 is 0 Å². The first-order valence-electron chi connectivity index (χ1n) is 11.7. The van der Waals surface area contributed by atoms with Gasteiger partial charge in [-0.15, -0.1) is 0 Å². The minimum Gasteiger partial charge on any atom is -0.346 e. The summed E-state index contributed by atoms with van der Waals surface area (Å²) < 4.78 is 2.30. The van der Waals surface area contributed by atoms with Gasteiger partial charge in [-0.3, -0.25) is 4.79 Å². The lowest BCUT2D eigenvalue weighted by Crippen LogP contribution is -2.31. The minimum absolute atomic E-state index is 0.176. The van der Waals surface area contributed by atoms with Gasteiger partial charge in [-0.2, -0.15) is 0 Å². The van der Waals surface area contributed by atoms with Crippen LogP contribution in [0.5, 0.6) is 0 Å². The topological polar surface area (TPSA) is 25.2 Å². The number of carbonyl (C=O) groups is 1. The van der Waals surface area contributed by atoms with Gasteiger partial charge in [-0.05, 0) is 30.4 Å². The van der Waals surface area contributed by atoms with E-state index < -0.39 is 0 Å². The van der Waals surface area contributed by atoms with E-state index in [1.54, 1.807) is 0 Å². The molecule has 0 N–H and O–H groups in total. The fraction of sp³-hybridized carbons (Fsp3) is 0.444. The van der Waals surface area contributed by atoms with Crippen LogP contribution < -0.4 is 0 Å². The Morgan fingerprint density at radius 1 is 0.967 bits per heavy atom. The van der Waals surface area contributed by atoms with Crippen molar-refractivity contribution < 1.29 is 4.79 Å². The number of aryl methyl sites for hydroxylation is 2. The standard InChI is InChI=1S/C27H34N2O/c1-2-3-4-5-6-10-18-29(20-22-13-8-7-9-14-22)27(30)25-21-28-19-12-16-23-15-11-17-24(25)26(23)28/h7-9,11,13-15,17,21H,2-6,10,12,16,18-20H2,1H3. The average Bonchev–Trinajstić information content (AvgIpc) is 3.16. The number of para-hydroxylation sites is 1. The lowest BCUT2D eigenvalue weighted by Gasteiger charge is -2.23. The molecule has 30 heavy (non-hydrogen) atoms. The number of benzene rings is 2. The fourth-order valence-electron chi connectivity index (χ4n) is 4.74. The summed E-state index contributed by atoms with van der Waals surface area (Å²) in [6.45, 7) is 4.77.